The molecule has 1 saturated heterocycles. The molecule has 2 aromatic rings. The Balaban J connectivity index is 1.69. The molecule has 0 bridgehead atoms. The number of ether oxygens (including phenoxy) is 1. The molecule has 152 valence electrons. The van der Waals surface area contributed by atoms with Gasteiger partial charge in [0.05, 0.1) is 18.9 Å². The fourth-order valence-corrected chi connectivity index (χ4v) is 3.64. The summed E-state index contributed by atoms with van der Waals surface area (Å²) < 4.78 is 5.40. The van der Waals surface area contributed by atoms with Gasteiger partial charge in [-0.1, -0.05) is 24.3 Å². The van der Waals surface area contributed by atoms with Crippen LogP contribution in [0.15, 0.2) is 29.3 Å². The third kappa shape index (κ3) is 3.70. The van der Waals surface area contributed by atoms with E-state index >= 15 is 0 Å². The summed E-state index contributed by atoms with van der Waals surface area (Å²) in [4.78, 5) is 11.2. The average Bonchev–Trinajstić information content (AvgIpc) is 2.75. The summed E-state index contributed by atoms with van der Waals surface area (Å²) in [5.41, 5.74) is 15.1. The zero-order valence-electron chi connectivity index (χ0n) is 16.2. The number of aliphatic imine (C=N–C) groups is 1. The number of morpholine rings is 1. The number of aromatic nitrogens is 1. The maximum absolute atomic E-state index is 9.41. The van der Waals surface area contributed by atoms with Gasteiger partial charge in [0.1, 0.15) is 29.3 Å². The molecule has 3 heterocycles. The summed E-state index contributed by atoms with van der Waals surface area (Å²) in [6.07, 6.45) is 1.84. The first-order chi connectivity index (χ1) is 14.6. The van der Waals surface area contributed by atoms with Crippen LogP contribution in [0.2, 0.25) is 0 Å². The van der Waals surface area contributed by atoms with Gasteiger partial charge < -0.3 is 21.5 Å². The van der Waals surface area contributed by atoms with E-state index in [1.54, 1.807) is 0 Å². The Morgan fingerprint density at radius 1 is 1.20 bits per heavy atom. The number of fused-ring (bicyclic) bond motifs is 1. The number of hydrogen-bond donors (Lipinski definition) is 4. The first-order valence-corrected chi connectivity index (χ1v) is 9.48. The highest BCUT2D eigenvalue weighted by Gasteiger charge is 2.29. The molecule has 10 heteroatoms. The van der Waals surface area contributed by atoms with Gasteiger partial charge in [-0.2, -0.15) is 10.5 Å². The Morgan fingerprint density at radius 3 is 2.60 bits per heavy atom. The van der Waals surface area contributed by atoms with E-state index in [-0.39, 0.29) is 23.0 Å². The first kappa shape index (κ1) is 19.5. The number of nitrogens with zero attached hydrogens (tertiary/aromatic N) is 5. The van der Waals surface area contributed by atoms with Crippen LogP contribution in [0, 0.1) is 22.8 Å². The Kier molecular flexibility index (Phi) is 5.35. The van der Waals surface area contributed by atoms with Crippen molar-refractivity contribution in [2.75, 3.05) is 43.1 Å². The van der Waals surface area contributed by atoms with Crippen molar-refractivity contribution in [2.45, 2.75) is 12.6 Å². The van der Waals surface area contributed by atoms with E-state index in [2.05, 4.69) is 25.5 Å². The molecule has 2 aliphatic rings. The smallest absolute Gasteiger partial charge is 0.211 e. The molecule has 0 amide bonds. The minimum Gasteiger partial charge on any atom is -0.397 e. The molecule has 0 radical (unpaired) electrons. The van der Waals surface area contributed by atoms with E-state index in [9.17, 15) is 5.26 Å². The number of nitrogens with one attached hydrogen (secondary N) is 2. The lowest BCUT2D eigenvalue weighted by Crippen LogP contribution is -2.35. The van der Waals surface area contributed by atoms with Gasteiger partial charge in [-0.25, -0.2) is 9.98 Å². The van der Waals surface area contributed by atoms with Crippen molar-refractivity contribution in [1.29, 1.82) is 10.5 Å². The summed E-state index contributed by atoms with van der Waals surface area (Å²) >= 11 is 0. The molecule has 1 unspecified atom stereocenters. The number of anilines is 3. The number of nitriles is 2. The van der Waals surface area contributed by atoms with E-state index in [1.807, 2.05) is 36.5 Å². The molecular weight excluding hydrogens is 382 g/mol. The predicted octanol–water partition coefficient (Wildman–Crippen LogP) is 0.891. The van der Waals surface area contributed by atoms with Crippen LogP contribution >= 0.6 is 0 Å². The molecule has 4 rings (SSSR count). The SMILES string of the molecule is N#CNC1=NC(c2ccc(CN3CCOCC3)cc2)c2c(nc(N)c(C#N)c2N)N1. The largest absolute Gasteiger partial charge is 0.397 e. The van der Waals surface area contributed by atoms with Gasteiger partial charge in [0.25, 0.3) is 0 Å². The van der Waals surface area contributed by atoms with Crippen molar-refractivity contribution in [3.05, 3.63) is 46.5 Å². The molecule has 1 aromatic carbocycles. The predicted molar refractivity (Wildman–Crippen MR) is 112 cm³/mol. The number of guanidine groups is 1. The summed E-state index contributed by atoms with van der Waals surface area (Å²) in [6.45, 7) is 4.18. The molecule has 0 saturated carbocycles. The van der Waals surface area contributed by atoms with Crippen LogP contribution in [-0.4, -0.2) is 42.1 Å². The fraction of sp³-hybridized carbons (Fsp3) is 0.300. The lowest BCUT2D eigenvalue weighted by molar-refractivity contribution is 0.0342. The molecular formula is C20H21N9O. The van der Waals surface area contributed by atoms with Crippen molar-refractivity contribution in [3.63, 3.8) is 0 Å². The Hall–Kier alpha value is -3.86. The van der Waals surface area contributed by atoms with Crippen LogP contribution in [0.1, 0.15) is 28.3 Å². The highest BCUT2D eigenvalue weighted by Crippen LogP contribution is 2.40. The van der Waals surface area contributed by atoms with Gasteiger partial charge in [-0.3, -0.25) is 10.2 Å². The average molecular weight is 403 g/mol. The Bertz CT molecular complexity index is 1060. The molecule has 30 heavy (non-hydrogen) atoms. The van der Waals surface area contributed by atoms with Crippen molar-refractivity contribution in [2.24, 2.45) is 4.99 Å². The van der Waals surface area contributed by atoms with Crippen LogP contribution in [-0.2, 0) is 11.3 Å². The van der Waals surface area contributed by atoms with E-state index in [1.165, 1.54) is 5.56 Å². The maximum atomic E-state index is 9.41. The van der Waals surface area contributed by atoms with Gasteiger partial charge in [0.2, 0.25) is 5.96 Å². The number of hydrogen-bond acceptors (Lipinski definition) is 10. The minimum absolute atomic E-state index is 0.0269. The topological polar surface area (TPSA) is 161 Å². The molecule has 10 nitrogen and oxygen atoms in total. The lowest BCUT2D eigenvalue weighted by Gasteiger charge is -2.27. The quantitative estimate of drug-likeness (QED) is 0.431. The highest BCUT2D eigenvalue weighted by molar-refractivity contribution is 5.98. The van der Waals surface area contributed by atoms with Gasteiger partial charge in [-0.05, 0) is 11.1 Å². The van der Waals surface area contributed by atoms with Crippen molar-refractivity contribution >= 4 is 23.3 Å². The second kappa shape index (κ2) is 8.25. The zero-order valence-corrected chi connectivity index (χ0v) is 16.2. The summed E-state index contributed by atoms with van der Waals surface area (Å²) in [5, 5.41) is 23.8. The van der Waals surface area contributed by atoms with Crippen molar-refractivity contribution < 1.29 is 4.74 Å². The number of nitrogens with two attached hydrogens (primary N) is 2. The molecule has 0 spiro atoms. The van der Waals surface area contributed by atoms with Crippen LogP contribution in [0.4, 0.5) is 17.3 Å². The third-order valence-corrected chi connectivity index (χ3v) is 5.16. The highest BCUT2D eigenvalue weighted by atomic mass is 16.5. The van der Waals surface area contributed by atoms with Gasteiger partial charge >= 0.3 is 0 Å². The Morgan fingerprint density at radius 2 is 1.93 bits per heavy atom. The monoisotopic (exact) mass is 403 g/mol. The van der Waals surface area contributed by atoms with E-state index in [0.29, 0.717) is 11.4 Å². The number of benzene rings is 1. The third-order valence-electron chi connectivity index (χ3n) is 5.16. The van der Waals surface area contributed by atoms with Crippen LogP contribution in [0.3, 0.4) is 0 Å². The van der Waals surface area contributed by atoms with Crippen LogP contribution < -0.4 is 22.1 Å². The Labute approximate surface area is 173 Å². The summed E-state index contributed by atoms with van der Waals surface area (Å²) in [5.74, 6) is 0.640. The molecule has 1 atom stereocenters. The number of pyridine rings is 1. The fourth-order valence-electron chi connectivity index (χ4n) is 3.64. The second-order valence-electron chi connectivity index (χ2n) is 7.03. The molecule has 1 fully saturated rings. The van der Waals surface area contributed by atoms with E-state index in [4.69, 9.17) is 21.5 Å². The zero-order chi connectivity index (χ0) is 21.1. The van der Waals surface area contributed by atoms with E-state index < -0.39 is 6.04 Å². The summed E-state index contributed by atoms with van der Waals surface area (Å²) in [7, 11) is 0. The van der Waals surface area contributed by atoms with Crippen LogP contribution in [0.5, 0.6) is 0 Å². The molecule has 1 aromatic heterocycles. The van der Waals surface area contributed by atoms with Gasteiger partial charge in [0.15, 0.2) is 6.19 Å². The minimum atomic E-state index is -0.533. The standard InChI is InChI=1S/C20H21N9O/c21-9-14-16(23)15-17(26-20(25-11-22)28-19(15)27-18(14)24)13-3-1-12(2-4-13)10-29-5-7-30-8-6-29/h1-4,17H,5-8,10H2,(H6,23,24,25,26,27,28). The molecule has 2 aliphatic heterocycles. The first-order valence-electron chi connectivity index (χ1n) is 9.48. The maximum Gasteiger partial charge on any atom is 0.211 e. The number of nitrogen functional groups attached to an aromatic ring is 2. The second-order valence-corrected chi connectivity index (χ2v) is 7.03. The van der Waals surface area contributed by atoms with Gasteiger partial charge in [-0.15, -0.1) is 0 Å². The number of rotatable bonds is 3. The van der Waals surface area contributed by atoms with Crippen molar-refractivity contribution in [1.82, 2.24) is 15.2 Å². The molecule has 6 N–H and O–H groups in total. The summed E-state index contributed by atoms with van der Waals surface area (Å²) in [6, 6.07) is 9.52. The van der Waals surface area contributed by atoms with Gasteiger partial charge in [0, 0.05) is 25.2 Å². The lowest BCUT2D eigenvalue weighted by atomic mass is 9.94. The normalized spacial score (nSPS) is 18.3. The molecule has 0 aliphatic carbocycles. The van der Waals surface area contributed by atoms with E-state index in [0.717, 1.165) is 38.4 Å². The van der Waals surface area contributed by atoms with Crippen molar-refractivity contribution in [3.8, 4) is 12.3 Å². The van der Waals surface area contributed by atoms with Crippen LogP contribution in [0.25, 0.3) is 0 Å².